The smallest absolute Gasteiger partial charge is 0.254 e. The number of aromatic hydroxyl groups is 2. The summed E-state index contributed by atoms with van der Waals surface area (Å²) in [6.45, 7) is 3.55. The summed E-state index contributed by atoms with van der Waals surface area (Å²) >= 11 is 0. The lowest BCUT2D eigenvalue weighted by Gasteiger charge is -2.45. The monoisotopic (exact) mass is 290 g/mol. The van der Waals surface area contributed by atoms with Gasteiger partial charge in [0.1, 0.15) is 11.5 Å². The first kappa shape index (κ1) is 14.2. The van der Waals surface area contributed by atoms with Crippen LogP contribution in [0.5, 0.6) is 11.5 Å². The number of phenolic OH excluding ortho intramolecular Hbond substituents is 2. The molecule has 2 aliphatic heterocycles. The normalized spacial score (nSPS) is 26.0. The van der Waals surface area contributed by atoms with Crippen LogP contribution in [-0.2, 0) is 0 Å². The lowest BCUT2D eigenvalue weighted by molar-refractivity contribution is 0.0433. The van der Waals surface area contributed by atoms with Crippen LogP contribution < -0.4 is 5.32 Å². The Balaban J connectivity index is 1.77. The molecule has 5 nitrogen and oxygen atoms in total. The van der Waals surface area contributed by atoms with Gasteiger partial charge in [0.15, 0.2) is 0 Å². The van der Waals surface area contributed by atoms with Crippen LogP contribution in [-0.4, -0.2) is 47.2 Å². The summed E-state index contributed by atoms with van der Waals surface area (Å²) in [5, 5.41) is 22.5. The largest absolute Gasteiger partial charge is 0.508 e. The zero-order chi connectivity index (χ0) is 14.9. The van der Waals surface area contributed by atoms with Crippen LogP contribution in [0.15, 0.2) is 18.2 Å². The number of carbonyl (C=O) groups is 1. The lowest BCUT2D eigenvalue weighted by atomic mass is 9.74. The van der Waals surface area contributed by atoms with E-state index in [1.165, 1.54) is 18.2 Å². The summed E-state index contributed by atoms with van der Waals surface area (Å²) in [5.74, 6) is -0.264. The number of likely N-dealkylation sites (tertiary alicyclic amines) is 1. The van der Waals surface area contributed by atoms with Crippen LogP contribution in [0.2, 0.25) is 0 Å². The highest BCUT2D eigenvalue weighted by Gasteiger charge is 2.38. The average Bonchev–Trinajstić information content (AvgIpc) is 2.46. The molecule has 0 aliphatic carbocycles. The lowest BCUT2D eigenvalue weighted by Crippen LogP contribution is -2.52. The zero-order valence-electron chi connectivity index (χ0n) is 12.1. The fourth-order valence-corrected chi connectivity index (χ4v) is 3.66. The Labute approximate surface area is 124 Å². The van der Waals surface area contributed by atoms with E-state index in [2.05, 4.69) is 5.32 Å². The van der Waals surface area contributed by atoms with Gasteiger partial charge in [0.05, 0.1) is 0 Å². The van der Waals surface area contributed by atoms with E-state index in [4.69, 9.17) is 0 Å². The highest BCUT2D eigenvalue weighted by molar-refractivity contribution is 5.95. The molecule has 114 valence electrons. The van der Waals surface area contributed by atoms with Crippen LogP contribution in [0.4, 0.5) is 0 Å². The summed E-state index contributed by atoms with van der Waals surface area (Å²) in [6.07, 6.45) is 4.50. The molecule has 1 aromatic carbocycles. The number of phenols is 2. The second-order valence-corrected chi connectivity index (χ2v) is 6.35. The van der Waals surface area contributed by atoms with Crippen molar-refractivity contribution in [3.8, 4) is 11.5 Å². The number of carbonyl (C=O) groups excluding carboxylic acids is 1. The minimum Gasteiger partial charge on any atom is -0.508 e. The summed E-state index contributed by atoms with van der Waals surface area (Å²) in [7, 11) is 0. The van der Waals surface area contributed by atoms with Gasteiger partial charge in [0, 0.05) is 36.7 Å². The maximum Gasteiger partial charge on any atom is 0.254 e. The molecule has 0 saturated carbocycles. The Kier molecular flexibility index (Phi) is 3.76. The Hall–Kier alpha value is -1.75. The van der Waals surface area contributed by atoms with Gasteiger partial charge in [-0.25, -0.2) is 0 Å². The van der Waals surface area contributed by atoms with Gasteiger partial charge < -0.3 is 20.4 Å². The van der Waals surface area contributed by atoms with Crippen molar-refractivity contribution in [2.24, 2.45) is 5.41 Å². The Bertz CT molecular complexity index is 513. The molecule has 2 aliphatic rings. The minimum atomic E-state index is -0.106. The fourth-order valence-electron chi connectivity index (χ4n) is 3.66. The summed E-state index contributed by atoms with van der Waals surface area (Å²) in [5.41, 5.74) is 0.554. The molecule has 1 atom stereocenters. The number of rotatable bonds is 1. The molecule has 5 heteroatoms. The van der Waals surface area contributed by atoms with Crippen molar-refractivity contribution in [2.45, 2.75) is 25.7 Å². The molecule has 1 amide bonds. The molecule has 1 spiro atoms. The van der Waals surface area contributed by atoms with Gasteiger partial charge in [-0.1, -0.05) is 0 Å². The highest BCUT2D eigenvalue weighted by Crippen LogP contribution is 2.36. The molecule has 1 unspecified atom stereocenters. The first-order valence-corrected chi connectivity index (χ1v) is 7.61. The second-order valence-electron chi connectivity index (χ2n) is 6.35. The van der Waals surface area contributed by atoms with Gasteiger partial charge >= 0.3 is 0 Å². The third kappa shape index (κ3) is 2.97. The minimum absolute atomic E-state index is 0.0793. The van der Waals surface area contributed by atoms with Crippen molar-refractivity contribution < 1.29 is 15.0 Å². The van der Waals surface area contributed by atoms with E-state index < -0.39 is 0 Å². The van der Waals surface area contributed by atoms with E-state index in [-0.39, 0.29) is 22.8 Å². The molecule has 1 aromatic rings. The predicted octanol–water partition coefficient (Wildman–Crippen LogP) is 1.70. The molecule has 0 radical (unpaired) electrons. The summed E-state index contributed by atoms with van der Waals surface area (Å²) in [6, 6.07) is 4.07. The quantitative estimate of drug-likeness (QED) is 0.736. The van der Waals surface area contributed by atoms with E-state index in [1.54, 1.807) is 0 Å². The van der Waals surface area contributed by atoms with Gasteiger partial charge in [-0.2, -0.15) is 0 Å². The van der Waals surface area contributed by atoms with Crippen LogP contribution in [0.25, 0.3) is 0 Å². The molecule has 2 saturated heterocycles. The van der Waals surface area contributed by atoms with Gasteiger partial charge in [-0.05, 0) is 44.4 Å². The van der Waals surface area contributed by atoms with Crippen LogP contribution in [0.1, 0.15) is 36.0 Å². The first-order chi connectivity index (χ1) is 10.1. The number of amides is 1. The third-order valence-electron chi connectivity index (χ3n) is 4.66. The predicted molar refractivity (Wildman–Crippen MR) is 79.4 cm³/mol. The highest BCUT2D eigenvalue weighted by atomic mass is 16.3. The van der Waals surface area contributed by atoms with Crippen molar-refractivity contribution >= 4 is 5.91 Å². The number of benzene rings is 1. The van der Waals surface area contributed by atoms with Gasteiger partial charge in [0.25, 0.3) is 5.91 Å². The number of piperidine rings is 2. The Morgan fingerprint density at radius 2 is 1.86 bits per heavy atom. The van der Waals surface area contributed by atoms with Crippen molar-refractivity contribution in [1.82, 2.24) is 10.2 Å². The average molecular weight is 290 g/mol. The van der Waals surface area contributed by atoms with Crippen molar-refractivity contribution in [1.29, 1.82) is 0 Å². The maximum absolute atomic E-state index is 12.6. The van der Waals surface area contributed by atoms with E-state index in [9.17, 15) is 15.0 Å². The second kappa shape index (κ2) is 5.56. The number of hydrogen-bond donors (Lipinski definition) is 3. The molecule has 21 heavy (non-hydrogen) atoms. The molecular weight excluding hydrogens is 268 g/mol. The van der Waals surface area contributed by atoms with Crippen LogP contribution >= 0.6 is 0 Å². The summed E-state index contributed by atoms with van der Waals surface area (Å²) in [4.78, 5) is 14.5. The molecule has 0 bridgehead atoms. The van der Waals surface area contributed by atoms with E-state index in [0.29, 0.717) is 5.56 Å². The van der Waals surface area contributed by atoms with Gasteiger partial charge in [0.2, 0.25) is 0 Å². The Morgan fingerprint density at radius 3 is 2.52 bits per heavy atom. The topological polar surface area (TPSA) is 72.8 Å². The zero-order valence-corrected chi connectivity index (χ0v) is 12.1. The third-order valence-corrected chi connectivity index (χ3v) is 4.66. The number of nitrogens with zero attached hydrogens (tertiary/aromatic N) is 1. The van der Waals surface area contributed by atoms with Gasteiger partial charge in [-0.3, -0.25) is 4.79 Å². The van der Waals surface area contributed by atoms with Gasteiger partial charge in [-0.15, -0.1) is 0 Å². The molecule has 0 aromatic heterocycles. The maximum atomic E-state index is 12.6. The standard InChI is InChI=1S/C16H22N2O3/c19-13-7-12(8-14(20)9-13)15(21)18-6-2-4-16(11-18)3-1-5-17-10-16/h7-9,17,19-20H,1-6,10-11H2. The molecular formula is C16H22N2O3. The van der Waals surface area contributed by atoms with Crippen LogP contribution in [0.3, 0.4) is 0 Å². The molecule has 2 heterocycles. The van der Waals surface area contributed by atoms with E-state index in [1.807, 2.05) is 4.90 Å². The van der Waals surface area contributed by atoms with Crippen LogP contribution in [0, 0.1) is 5.41 Å². The van der Waals surface area contributed by atoms with Crippen molar-refractivity contribution in [3.63, 3.8) is 0 Å². The van der Waals surface area contributed by atoms with E-state index in [0.717, 1.165) is 51.9 Å². The van der Waals surface area contributed by atoms with Crippen molar-refractivity contribution in [3.05, 3.63) is 23.8 Å². The fraction of sp³-hybridized carbons (Fsp3) is 0.562. The molecule has 3 N–H and O–H groups in total. The Morgan fingerprint density at radius 1 is 1.14 bits per heavy atom. The number of hydrogen-bond acceptors (Lipinski definition) is 4. The summed E-state index contributed by atoms with van der Waals surface area (Å²) < 4.78 is 0. The van der Waals surface area contributed by atoms with E-state index >= 15 is 0 Å². The van der Waals surface area contributed by atoms with Crippen molar-refractivity contribution in [2.75, 3.05) is 26.2 Å². The number of nitrogens with one attached hydrogen (secondary N) is 1. The molecule has 3 rings (SSSR count). The SMILES string of the molecule is O=C(c1cc(O)cc(O)c1)N1CCCC2(CCCNC2)C1. The molecule has 2 fully saturated rings. The first-order valence-electron chi connectivity index (χ1n) is 7.61.